The molecule has 8 heterocycles. The largest absolute Gasteiger partial charge is 0.508 e. The van der Waals surface area contributed by atoms with Crippen LogP contribution in [-0.2, 0) is 14.3 Å². The number of nitrogens with zero attached hydrogens (tertiary/aromatic N) is 2. The maximum absolute atomic E-state index is 11.3. The van der Waals surface area contributed by atoms with Crippen LogP contribution in [0.1, 0.15) is 113 Å². The summed E-state index contributed by atoms with van der Waals surface area (Å²) in [4.78, 5) is 15.3. The number of ether oxygens (including phenoxy) is 21. The highest BCUT2D eigenvalue weighted by Crippen LogP contribution is 2.48. The molecule has 8 aliphatic rings. The van der Waals surface area contributed by atoms with Crippen molar-refractivity contribution in [1.29, 1.82) is 5.26 Å². The molecule has 0 spiro atoms. The van der Waals surface area contributed by atoms with Crippen LogP contribution in [-0.4, -0.2) is 195 Å². The number of alkyl halides is 1. The summed E-state index contributed by atoms with van der Waals surface area (Å²) in [5.74, 6) is 16.0. The van der Waals surface area contributed by atoms with Gasteiger partial charge in [-0.1, -0.05) is 111 Å². The van der Waals surface area contributed by atoms with Gasteiger partial charge in [-0.15, -0.1) is 0 Å². The second-order valence-corrected chi connectivity index (χ2v) is 31.8. The Morgan fingerprint density at radius 1 is 0.489 bits per heavy atom. The van der Waals surface area contributed by atoms with E-state index in [1.54, 1.807) is 94.1 Å². The van der Waals surface area contributed by atoms with Crippen molar-refractivity contribution in [3.05, 3.63) is 202 Å². The number of nitriles is 1. The fourth-order valence-corrected chi connectivity index (χ4v) is 13.6. The van der Waals surface area contributed by atoms with E-state index in [2.05, 4.69) is 88.4 Å². The minimum absolute atomic E-state index is 0. The summed E-state index contributed by atoms with van der Waals surface area (Å²) in [6, 6.07) is 41.6. The minimum atomic E-state index is -3.75. The van der Waals surface area contributed by atoms with Crippen LogP contribution in [0.25, 0.3) is 10.4 Å². The average molecular weight is 2010 g/mol. The molecule has 4 N–H and O–H groups in total. The predicted molar refractivity (Wildman–Crippen MR) is 509 cm³/mol. The van der Waals surface area contributed by atoms with Crippen LogP contribution in [0.5, 0.6) is 132 Å². The molecular formula is C96H115BBrIN2O29S. The van der Waals surface area contributed by atoms with E-state index in [9.17, 15) is 28.4 Å². The number of aldehydes is 1. The Balaban J connectivity index is 0.000000227. The molecule has 0 saturated carbocycles. The molecule has 0 aromatic heterocycles. The van der Waals surface area contributed by atoms with Crippen LogP contribution in [0.15, 0.2) is 162 Å². The topological polar surface area (TPSA) is 363 Å². The summed E-state index contributed by atoms with van der Waals surface area (Å²) in [6.45, 7) is 40.5. The molecule has 0 saturated heterocycles. The highest BCUT2D eigenvalue weighted by atomic mass is 127. The van der Waals surface area contributed by atoms with Crippen molar-refractivity contribution in [1.82, 2.24) is 0 Å². The molecule has 35 heteroatoms. The summed E-state index contributed by atoms with van der Waals surface area (Å²) >= 11 is 5.23. The number of phenols is 2. The van der Waals surface area contributed by atoms with Crippen molar-refractivity contribution in [3.63, 3.8) is 0 Å². The summed E-state index contributed by atoms with van der Waals surface area (Å²) in [5, 5.41) is 45.8. The number of methoxy groups -OCH3 is 4. The van der Waals surface area contributed by atoms with E-state index in [0.717, 1.165) is 113 Å². The third-order valence-corrected chi connectivity index (χ3v) is 19.7. The molecule has 0 bridgehead atoms. The standard InChI is InChI=1S/C13H15NO3.C12H16O3.C12H14O3.C11H14O3.C9H11BO5.C9H9NO3S.C9H10O3.C9H8O3.C8H8O3.C3H5Br.CH3I.H2/c1-9(2)12-10(15-6-5-14)3-4-11-13(12)17-8-7-16-11;2*1-8(2)11-9(13-3)4-5-10-12(11)15-7-6-14-10;1-7(2)10-8(12)3-4-9-11(10)14-6-5-13-9;1-13-6-2-3-7-9(8(6)10(11)12)15-5-4-14-7;1-8-3-5-9(6-4-8)14(11,12)13-7-10-2;1-10-7-2-3-8-9(6-7)12-5-4-11-8;10-6-7-1-2-8-9(5-7)12-4-3-11-8;9-6-1-2-7-8(5-6)11-4-3-10-7;1-3(2)4;1-2;/h3-4,9H,6-8H2,1-2H3;4-5,8H,6-7H2,1-3H3;4-5H,1,6-7H2,2-3H3;3-4,7,12H,5-6H2,1-2H3;2-3,11-12H,4-5H2,1H3;3-6H,7H2,1H3;2-3,6H,4-5H2,1H3;1-2,5-6H,3-4H2;1-2,5,9H,3-4H2;1H2,2H3;1H3;1H. The number of aryl methyl sites for hydroxylation is 1. The molecule has 0 atom stereocenters. The Kier molecular flexibility index (Phi) is 44.3. The lowest BCUT2D eigenvalue weighted by molar-refractivity contribution is 0.112. The predicted octanol–water partition coefficient (Wildman–Crippen LogP) is 17.7. The molecule has 706 valence electrons. The van der Waals surface area contributed by atoms with E-state index < -0.39 is 24.0 Å². The van der Waals surface area contributed by atoms with E-state index in [1.807, 2.05) is 100 Å². The van der Waals surface area contributed by atoms with Crippen molar-refractivity contribution < 1.29 is 139 Å². The lowest BCUT2D eigenvalue weighted by Crippen LogP contribution is -2.35. The first-order chi connectivity index (χ1) is 63.1. The van der Waals surface area contributed by atoms with Gasteiger partial charge in [0, 0.05) is 35.8 Å². The number of benzene rings is 9. The smallest absolute Gasteiger partial charge is 0.496 e. The first-order valence-electron chi connectivity index (χ1n) is 41.4. The van der Waals surface area contributed by atoms with Crippen LogP contribution >= 0.6 is 38.5 Å². The third-order valence-electron chi connectivity index (χ3n) is 18.4. The second-order valence-electron chi connectivity index (χ2n) is 28.9. The molecule has 0 fully saturated rings. The van der Waals surface area contributed by atoms with Gasteiger partial charge in [-0.05, 0) is 169 Å². The molecule has 0 unspecified atom stereocenters. The number of hydrogen-bond donors (Lipinski definition) is 4. The van der Waals surface area contributed by atoms with Crippen molar-refractivity contribution in [2.75, 3.05) is 152 Å². The third kappa shape index (κ3) is 31.7. The number of carbonyl (C=O) groups is 1. The number of rotatable bonds is 15. The molecule has 0 amide bonds. The highest BCUT2D eigenvalue weighted by molar-refractivity contribution is 14.1. The molecule has 17 rings (SSSR count). The van der Waals surface area contributed by atoms with Crippen LogP contribution < -0.4 is 105 Å². The Morgan fingerprint density at radius 2 is 0.847 bits per heavy atom. The molecule has 8 aliphatic heterocycles. The number of halogens is 2. The number of allylic oxidation sites excluding steroid dienone is 2. The fraction of sp³-hybridized carbons (Fsp3) is 0.365. The first kappa shape index (κ1) is 106. The maximum Gasteiger partial charge on any atom is 0.496 e. The van der Waals surface area contributed by atoms with Gasteiger partial charge in [-0.25, -0.2) is 6.57 Å². The number of hydrogen-bond acceptors (Lipinski definition) is 30. The molecule has 131 heavy (non-hydrogen) atoms. The van der Waals surface area contributed by atoms with E-state index in [4.69, 9.17) is 116 Å². The summed E-state index contributed by atoms with van der Waals surface area (Å²) in [5.41, 5.74) is 6.49. The lowest BCUT2D eigenvalue weighted by Gasteiger charge is -2.24. The number of aromatic hydroxyl groups is 2. The van der Waals surface area contributed by atoms with Gasteiger partial charge in [0.2, 0.25) is 0 Å². The summed E-state index contributed by atoms with van der Waals surface area (Å²) < 4.78 is 141. The second kappa shape index (κ2) is 54.9. The van der Waals surface area contributed by atoms with E-state index >= 15 is 0 Å². The van der Waals surface area contributed by atoms with Gasteiger partial charge < -0.3 is 120 Å². The van der Waals surface area contributed by atoms with E-state index in [1.165, 1.54) is 19.2 Å². The van der Waals surface area contributed by atoms with Gasteiger partial charge in [0.25, 0.3) is 0 Å². The lowest BCUT2D eigenvalue weighted by atomic mass is 9.78. The molecule has 31 nitrogen and oxygen atoms in total. The van der Waals surface area contributed by atoms with Gasteiger partial charge in [-0.2, -0.15) is 17.9 Å². The molecule has 9 aromatic carbocycles. The maximum atomic E-state index is 11.3. The number of phenolic OH excluding ortho intramolecular Hbond substituents is 2. The van der Waals surface area contributed by atoms with Crippen LogP contribution in [0.4, 0.5) is 0 Å². The zero-order valence-corrected chi connectivity index (χ0v) is 80.4. The van der Waals surface area contributed by atoms with E-state index in [-0.39, 0.29) is 41.7 Å². The summed E-state index contributed by atoms with van der Waals surface area (Å²) in [7, 11) is 1.01. The monoisotopic (exact) mass is 2010 g/mol. The number of carbonyl (C=O) groups excluding carboxylic acids is 1. The van der Waals surface area contributed by atoms with Crippen molar-refractivity contribution >= 4 is 73.1 Å². The Bertz CT molecular complexity index is 5330. The zero-order chi connectivity index (χ0) is 95.5. The fourth-order valence-electron chi connectivity index (χ4n) is 12.8. The molecule has 0 aliphatic carbocycles. The van der Waals surface area contributed by atoms with Gasteiger partial charge in [0.1, 0.15) is 158 Å². The van der Waals surface area contributed by atoms with Gasteiger partial charge in [0.05, 0.1) is 44.4 Å². The average Bonchev–Trinajstić information content (AvgIpc) is 0.804. The Hall–Kier alpha value is -12.4. The van der Waals surface area contributed by atoms with Crippen LogP contribution in [0.3, 0.4) is 0 Å². The molecule has 0 radical (unpaired) electrons. The highest BCUT2D eigenvalue weighted by Gasteiger charge is 2.30. The molecular weight excluding hydrogens is 1890 g/mol. The molecule has 9 aromatic rings. The van der Waals surface area contributed by atoms with Gasteiger partial charge in [-0.3, -0.25) is 9.64 Å². The van der Waals surface area contributed by atoms with E-state index in [0.29, 0.717) is 169 Å². The van der Waals surface area contributed by atoms with Crippen molar-refractivity contribution in [3.8, 4) is 138 Å². The minimum Gasteiger partial charge on any atom is -0.508 e. The first-order valence-corrected chi connectivity index (χ1v) is 45.8. The Labute approximate surface area is 789 Å². The quantitative estimate of drug-likeness (QED) is 0.0185. The Morgan fingerprint density at radius 3 is 1.28 bits per heavy atom. The van der Waals surface area contributed by atoms with Crippen molar-refractivity contribution in [2.45, 2.75) is 85.0 Å². The van der Waals surface area contributed by atoms with Crippen LogP contribution in [0.2, 0.25) is 0 Å². The van der Waals surface area contributed by atoms with Crippen LogP contribution in [0, 0.1) is 24.8 Å². The normalized spacial score (nSPS) is 13.2. The van der Waals surface area contributed by atoms with Gasteiger partial charge >= 0.3 is 24.0 Å². The van der Waals surface area contributed by atoms with Crippen molar-refractivity contribution in [2.24, 2.45) is 0 Å². The SMILES string of the molecule is C=C(C)Br.C=C(C)c1c(OC)ccc2c1OCCO2.CC(C)c1c(O)ccc2c1OCCO2.CC(C)c1c(OCC#N)ccc2c1OCCO2.CI.COc1ccc2c(c1)OCCO2.COc1ccc2c(c1B(O)O)OCCO2.COc1ccc2c(c1C(C)C)OCCO2.O=Cc1ccc2c(c1)OCCO2.Oc1ccc2c(c1)OCCO2.[C-]#[N+]COS(=O)(=O)c1ccc(C)cc1.[HH]. The zero-order valence-electron chi connectivity index (χ0n) is 75.9. The summed E-state index contributed by atoms with van der Waals surface area (Å²) in [6.07, 6.45) is 0.790. The van der Waals surface area contributed by atoms with Gasteiger partial charge in [0.15, 0.2) is 98.6 Å². The number of fused-ring (bicyclic) bond motifs is 8.